The lowest BCUT2D eigenvalue weighted by atomic mass is 10.0. The number of aliphatic hydroxyl groups excluding tert-OH is 1. The maximum atomic E-state index is 8.44. The van der Waals surface area contributed by atoms with Gasteiger partial charge < -0.3 is 14.6 Å². The summed E-state index contributed by atoms with van der Waals surface area (Å²) in [5.41, 5.74) is 0. The third kappa shape index (κ3) is 6.99. The quantitative estimate of drug-likeness (QED) is 0.589. The minimum absolute atomic E-state index is 0.0842. The molecule has 0 rings (SSSR count). The van der Waals surface area contributed by atoms with Crippen molar-refractivity contribution in [1.82, 2.24) is 0 Å². The smallest absolute Gasteiger partial charge is 0.0704 e. The van der Waals surface area contributed by atoms with Crippen LogP contribution in [0.25, 0.3) is 0 Å². The largest absolute Gasteiger partial charge is 0.394 e. The highest BCUT2D eigenvalue weighted by atomic mass is 16.5. The molecule has 2 atom stereocenters. The standard InChI is InChI=1S/C10H22O3/c1-4-9(2)10(3)13-8-7-12-6-5-11/h9-11H,4-8H2,1-3H3. The van der Waals surface area contributed by atoms with Crippen LogP contribution < -0.4 is 0 Å². The van der Waals surface area contributed by atoms with Gasteiger partial charge in [-0.1, -0.05) is 20.3 Å². The second-order valence-electron chi connectivity index (χ2n) is 3.30. The molecule has 0 aliphatic carbocycles. The van der Waals surface area contributed by atoms with Gasteiger partial charge in [0.15, 0.2) is 0 Å². The summed E-state index contributed by atoms with van der Waals surface area (Å²) in [5, 5.41) is 8.44. The van der Waals surface area contributed by atoms with E-state index in [9.17, 15) is 0 Å². The monoisotopic (exact) mass is 190 g/mol. The maximum Gasteiger partial charge on any atom is 0.0704 e. The second-order valence-corrected chi connectivity index (χ2v) is 3.30. The fraction of sp³-hybridized carbons (Fsp3) is 1.00. The van der Waals surface area contributed by atoms with E-state index < -0.39 is 0 Å². The van der Waals surface area contributed by atoms with Gasteiger partial charge in [-0.2, -0.15) is 0 Å². The lowest BCUT2D eigenvalue weighted by molar-refractivity contribution is -0.0152. The van der Waals surface area contributed by atoms with Crippen molar-refractivity contribution >= 4 is 0 Å². The molecule has 0 aromatic carbocycles. The van der Waals surface area contributed by atoms with E-state index in [1.165, 1.54) is 0 Å². The Morgan fingerprint density at radius 1 is 1.15 bits per heavy atom. The van der Waals surface area contributed by atoms with Crippen molar-refractivity contribution in [3.8, 4) is 0 Å². The minimum Gasteiger partial charge on any atom is -0.394 e. The SMILES string of the molecule is CCC(C)C(C)OCCOCCO. The van der Waals surface area contributed by atoms with Crippen LogP contribution in [0.3, 0.4) is 0 Å². The normalized spacial score (nSPS) is 15.7. The molecule has 0 aliphatic heterocycles. The molecule has 0 bridgehead atoms. The first-order valence-electron chi connectivity index (χ1n) is 5.02. The number of hydrogen-bond acceptors (Lipinski definition) is 3. The number of aliphatic hydroxyl groups is 1. The molecule has 1 N–H and O–H groups in total. The summed E-state index contributed by atoms with van der Waals surface area (Å²) in [6.07, 6.45) is 1.43. The van der Waals surface area contributed by atoms with Crippen LogP contribution in [-0.4, -0.2) is 37.6 Å². The van der Waals surface area contributed by atoms with Crippen LogP contribution in [0.5, 0.6) is 0 Å². The highest BCUT2D eigenvalue weighted by molar-refractivity contribution is 4.58. The van der Waals surface area contributed by atoms with Gasteiger partial charge in [-0.05, 0) is 12.8 Å². The van der Waals surface area contributed by atoms with Crippen molar-refractivity contribution in [2.45, 2.75) is 33.3 Å². The molecule has 0 spiro atoms. The van der Waals surface area contributed by atoms with Crippen molar-refractivity contribution < 1.29 is 14.6 Å². The molecule has 0 saturated carbocycles. The highest BCUT2D eigenvalue weighted by Crippen LogP contribution is 2.09. The molecule has 0 saturated heterocycles. The summed E-state index contributed by atoms with van der Waals surface area (Å²) in [5.74, 6) is 0.595. The molecule has 3 nitrogen and oxygen atoms in total. The summed E-state index contributed by atoms with van der Waals surface area (Å²) in [6, 6.07) is 0. The molecule has 3 heteroatoms. The first-order chi connectivity index (χ1) is 6.22. The van der Waals surface area contributed by atoms with Crippen LogP contribution in [0.1, 0.15) is 27.2 Å². The summed E-state index contributed by atoms with van der Waals surface area (Å²) >= 11 is 0. The first-order valence-corrected chi connectivity index (χ1v) is 5.02. The minimum atomic E-state index is 0.0842. The average molecular weight is 190 g/mol. The summed E-state index contributed by atoms with van der Waals surface area (Å²) in [6.45, 7) is 8.10. The first kappa shape index (κ1) is 12.9. The van der Waals surface area contributed by atoms with E-state index in [1.54, 1.807) is 0 Å². The molecule has 0 heterocycles. The van der Waals surface area contributed by atoms with E-state index in [-0.39, 0.29) is 6.61 Å². The molecular formula is C10H22O3. The van der Waals surface area contributed by atoms with Crippen molar-refractivity contribution in [3.63, 3.8) is 0 Å². The molecule has 0 radical (unpaired) electrons. The van der Waals surface area contributed by atoms with E-state index in [0.29, 0.717) is 31.8 Å². The molecule has 2 unspecified atom stereocenters. The Kier molecular flexibility index (Phi) is 8.40. The Morgan fingerprint density at radius 3 is 2.38 bits per heavy atom. The third-order valence-electron chi connectivity index (χ3n) is 2.29. The molecule has 0 aliphatic rings. The maximum absolute atomic E-state index is 8.44. The summed E-state index contributed by atoms with van der Waals surface area (Å²) in [7, 11) is 0. The molecule has 80 valence electrons. The van der Waals surface area contributed by atoms with Crippen molar-refractivity contribution in [3.05, 3.63) is 0 Å². The van der Waals surface area contributed by atoms with Crippen LogP contribution >= 0.6 is 0 Å². The van der Waals surface area contributed by atoms with Crippen molar-refractivity contribution in [1.29, 1.82) is 0 Å². The van der Waals surface area contributed by atoms with Crippen LogP contribution in [0.4, 0.5) is 0 Å². The number of hydrogen-bond donors (Lipinski definition) is 1. The van der Waals surface area contributed by atoms with E-state index in [2.05, 4.69) is 20.8 Å². The fourth-order valence-electron chi connectivity index (χ4n) is 0.956. The highest BCUT2D eigenvalue weighted by Gasteiger charge is 2.09. The average Bonchev–Trinajstić information content (AvgIpc) is 2.16. The number of rotatable bonds is 8. The van der Waals surface area contributed by atoms with Gasteiger partial charge in [0.25, 0.3) is 0 Å². The van der Waals surface area contributed by atoms with E-state index in [4.69, 9.17) is 14.6 Å². The summed E-state index contributed by atoms with van der Waals surface area (Å²) in [4.78, 5) is 0. The van der Waals surface area contributed by atoms with Gasteiger partial charge in [0.1, 0.15) is 0 Å². The van der Waals surface area contributed by atoms with Crippen LogP contribution in [0, 0.1) is 5.92 Å². The van der Waals surface area contributed by atoms with Crippen LogP contribution in [-0.2, 0) is 9.47 Å². The Balaban J connectivity index is 3.21. The Hall–Kier alpha value is -0.120. The Labute approximate surface area is 81.0 Å². The predicted molar refractivity (Wildman–Crippen MR) is 52.8 cm³/mol. The molecule has 0 amide bonds. The van der Waals surface area contributed by atoms with Gasteiger partial charge in [-0.25, -0.2) is 0 Å². The van der Waals surface area contributed by atoms with Gasteiger partial charge in [-0.3, -0.25) is 0 Å². The predicted octanol–water partition coefficient (Wildman–Crippen LogP) is 1.45. The van der Waals surface area contributed by atoms with Crippen molar-refractivity contribution in [2.75, 3.05) is 26.4 Å². The van der Waals surface area contributed by atoms with Gasteiger partial charge in [0.05, 0.1) is 32.5 Å². The molecule has 0 aromatic rings. The topological polar surface area (TPSA) is 38.7 Å². The molecule has 13 heavy (non-hydrogen) atoms. The lowest BCUT2D eigenvalue weighted by Gasteiger charge is -2.18. The van der Waals surface area contributed by atoms with Gasteiger partial charge >= 0.3 is 0 Å². The van der Waals surface area contributed by atoms with E-state index in [1.807, 2.05) is 0 Å². The van der Waals surface area contributed by atoms with Gasteiger partial charge in [0, 0.05) is 0 Å². The third-order valence-corrected chi connectivity index (χ3v) is 2.29. The number of ether oxygens (including phenoxy) is 2. The summed E-state index contributed by atoms with van der Waals surface area (Å²) < 4.78 is 10.6. The van der Waals surface area contributed by atoms with Crippen LogP contribution in [0.15, 0.2) is 0 Å². The van der Waals surface area contributed by atoms with E-state index in [0.717, 1.165) is 6.42 Å². The fourth-order valence-corrected chi connectivity index (χ4v) is 0.956. The zero-order chi connectivity index (χ0) is 10.1. The van der Waals surface area contributed by atoms with Gasteiger partial charge in [0.2, 0.25) is 0 Å². The molecular weight excluding hydrogens is 168 g/mol. The van der Waals surface area contributed by atoms with E-state index >= 15 is 0 Å². The Morgan fingerprint density at radius 2 is 1.85 bits per heavy atom. The lowest BCUT2D eigenvalue weighted by Crippen LogP contribution is -2.20. The zero-order valence-corrected chi connectivity index (χ0v) is 8.95. The Bertz CT molecular complexity index is 106. The molecule has 0 fully saturated rings. The zero-order valence-electron chi connectivity index (χ0n) is 8.95. The van der Waals surface area contributed by atoms with Crippen LogP contribution in [0.2, 0.25) is 0 Å². The van der Waals surface area contributed by atoms with Gasteiger partial charge in [-0.15, -0.1) is 0 Å². The van der Waals surface area contributed by atoms with Crippen molar-refractivity contribution in [2.24, 2.45) is 5.92 Å². The second kappa shape index (κ2) is 8.48. The molecule has 0 aromatic heterocycles.